The van der Waals surface area contributed by atoms with E-state index in [4.69, 9.17) is 4.42 Å². The van der Waals surface area contributed by atoms with Crippen LogP contribution in [0.1, 0.15) is 37.4 Å². The summed E-state index contributed by atoms with van der Waals surface area (Å²) in [6.07, 6.45) is 3.25. The van der Waals surface area contributed by atoms with Gasteiger partial charge in [0.2, 0.25) is 0 Å². The van der Waals surface area contributed by atoms with Crippen LogP contribution in [-0.4, -0.2) is 14.9 Å². The largest absolute Gasteiger partial charge is 0.465 e. The fraction of sp³-hybridized carbons (Fsp3) is 0.417. The second-order valence-corrected chi connectivity index (χ2v) is 5.09. The summed E-state index contributed by atoms with van der Waals surface area (Å²) < 4.78 is 7.88. The van der Waals surface area contributed by atoms with Gasteiger partial charge in [0.15, 0.2) is 0 Å². The van der Waals surface area contributed by atoms with Crippen LogP contribution >= 0.6 is 15.9 Å². The number of nitrogens with zero attached hydrogens (tertiary/aromatic N) is 2. The molecule has 2 rings (SSSR count). The highest BCUT2D eigenvalue weighted by Crippen LogP contribution is 2.26. The van der Waals surface area contributed by atoms with E-state index in [1.165, 1.54) is 0 Å². The number of hydrogen-bond acceptors (Lipinski definition) is 3. The van der Waals surface area contributed by atoms with Crippen molar-refractivity contribution in [2.45, 2.75) is 32.4 Å². The number of hydrogen-bond donors (Lipinski definition) is 1. The van der Waals surface area contributed by atoms with E-state index in [0.29, 0.717) is 18.2 Å². The van der Waals surface area contributed by atoms with Gasteiger partial charge in [-0.3, -0.25) is 4.68 Å². The quantitative estimate of drug-likeness (QED) is 0.944. The third-order valence-electron chi connectivity index (χ3n) is 2.54. The van der Waals surface area contributed by atoms with Crippen molar-refractivity contribution < 1.29 is 9.52 Å². The highest BCUT2D eigenvalue weighted by atomic mass is 79.9. The third-order valence-corrected chi connectivity index (χ3v) is 3.20. The van der Waals surface area contributed by atoms with Crippen LogP contribution in [0.5, 0.6) is 0 Å². The molecule has 0 aromatic carbocycles. The number of aliphatic hydroxyl groups excluding tert-OH is 1. The molecule has 0 radical (unpaired) electrons. The van der Waals surface area contributed by atoms with E-state index in [1.807, 2.05) is 16.9 Å². The minimum atomic E-state index is -0.671. The maximum atomic E-state index is 10.0. The summed E-state index contributed by atoms with van der Waals surface area (Å²) in [5, 5.41) is 14.4. The summed E-state index contributed by atoms with van der Waals surface area (Å²) in [4.78, 5) is 0. The van der Waals surface area contributed by atoms with E-state index in [-0.39, 0.29) is 0 Å². The summed E-state index contributed by atoms with van der Waals surface area (Å²) in [5.74, 6) is 0.545. The molecule has 1 N–H and O–H groups in total. The summed E-state index contributed by atoms with van der Waals surface area (Å²) in [6.45, 7) is 4.13. The van der Waals surface area contributed by atoms with Crippen molar-refractivity contribution in [3.05, 3.63) is 40.5 Å². The van der Waals surface area contributed by atoms with E-state index < -0.39 is 6.10 Å². The highest BCUT2D eigenvalue weighted by Gasteiger charge is 2.16. The fourth-order valence-corrected chi connectivity index (χ4v) is 2.07. The van der Waals surface area contributed by atoms with Crippen LogP contribution in [0.3, 0.4) is 0 Å². The average molecular weight is 299 g/mol. The van der Waals surface area contributed by atoms with Crippen LogP contribution in [0, 0.1) is 0 Å². The molecule has 0 fully saturated rings. The molecule has 1 unspecified atom stereocenters. The van der Waals surface area contributed by atoms with Gasteiger partial charge in [-0.15, -0.1) is 0 Å². The standard InChI is InChI=1S/C12H15BrN2O2/c1-8(2)15-5-3-9(14-15)7-11(16)12-10(13)4-6-17-12/h3-6,8,11,16H,7H2,1-2H3. The molecule has 0 aliphatic carbocycles. The molecule has 1 atom stereocenters. The smallest absolute Gasteiger partial charge is 0.146 e. The Labute approximate surface area is 108 Å². The molecule has 2 aromatic rings. The highest BCUT2D eigenvalue weighted by molar-refractivity contribution is 9.10. The van der Waals surface area contributed by atoms with Gasteiger partial charge in [-0.05, 0) is 41.9 Å². The topological polar surface area (TPSA) is 51.2 Å². The van der Waals surface area contributed by atoms with Gasteiger partial charge in [-0.2, -0.15) is 5.10 Å². The molecule has 0 saturated carbocycles. The molecule has 17 heavy (non-hydrogen) atoms. The van der Waals surface area contributed by atoms with Gasteiger partial charge in [0.05, 0.1) is 16.4 Å². The number of aliphatic hydroxyl groups is 1. The van der Waals surface area contributed by atoms with E-state index in [2.05, 4.69) is 34.9 Å². The summed E-state index contributed by atoms with van der Waals surface area (Å²) in [6, 6.07) is 4.02. The fourth-order valence-electron chi connectivity index (χ4n) is 1.61. The zero-order valence-corrected chi connectivity index (χ0v) is 11.4. The van der Waals surface area contributed by atoms with Crippen molar-refractivity contribution >= 4 is 15.9 Å². The Morgan fingerprint density at radius 1 is 1.47 bits per heavy atom. The number of rotatable bonds is 4. The molecule has 0 bridgehead atoms. The monoisotopic (exact) mass is 298 g/mol. The molecule has 0 spiro atoms. The number of aromatic nitrogens is 2. The van der Waals surface area contributed by atoms with Gasteiger partial charge in [-0.1, -0.05) is 0 Å². The zero-order valence-electron chi connectivity index (χ0n) is 9.80. The van der Waals surface area contributed by atoms with Crippen molar-refractivity contribution in [1.29, 1.82) is 0 Å². The van der Waals surface area contributed by atoms with Crippen molar-refractivity contribution in [1.82, 2.24) is 9.78 Å². The Hall–Kier alpha value is -1.07. The minimum Gasteiger partial charge on any atom is -0.465 e. The lowest BCUT2D eigenvalue weighted by atomic mass is 10.1. The predicted molar refractivity (Wildman–Crippen MR) is 67.7 cm³/mol. The van der Waals surface area contributed by atoms with Crippen LogP contribution in [0.4, 0.5) is 0 Å². The first-order valence-electron chi connectivity index (χ1n) is 5.53. The maximum Gasteiger partial charge on any atom is 0.146 e. The zero-order chi connectivity index (χ0) is 12.4. The molecule has 92 valence electrons. The molecule has 0 aliphatic rings. The molecule has 2 aromatic heterocycles. The molecular formula is C12H15BrN2O2. The number of furan rings is 1. The van der Waals surface area contributed by atoms with E-state index in [0.717, 1.165) is 10.2 Å². The molecule has 5 heteroatoms. The SMILES string of the molecule is CC(C)n1ccc(CC(O)c2occc2Br)n1. The Balaban J connectivity index is 2.08. The molecule has 4 nitrogen and oxygen atoms in total. The van der Waals surface area contributed by atoms with Crippen molar-refractivity contribution in [3.8, 4) is 0 Å². The number of halogens is 1. The normalized spacial score (nSPS) is 13.2. The Bertz CT molecular complexity index is 490. The Kier molecular flexibility index (Phi) is 3.69. The van der Waals surface area contributed by atoms with Crippen molar-refractivity contribution in [3.63, 3.8) is 0 Å². The summed E-state index contributed by atoms with van der Waals surface area (Å²) in [7, 11) is 0. The van der Waals surface area contributed by atoms with Crippen LogP contribution < -0.4 is 0 Å². The van der Waals surface area contributed by atoms with Crippen molar-refractivity contribution in [2.24, 2.45) is 0 Å². The molecule has 0 aliphatic heterocycles. The maximum absolute atomic E-state index is 10.0. The van der Waals surface area contributed by atoms with Gasteiger partial charge in [0, 0.05) is 18.7 Å². The Morgan fingerprint density at radius 2 is 2.24 bits per heavy atom. The van der Waals surface area contributed by atoms with Gasteiger partial charge in [0.25, 0.3) is 0 Å². The van der Waals surface area contributed by atoms with Gasteiger partial charge in [-0.25, -0.2) is 0 Å². The minimum absolute atomic E-state index is 0.330. The van der Waals surface area contributed by atoms with Crippen LogP contribution in [0.15, 0.2) is 33.5 Å². The van der Waals surface area contributed by atoms with Crippen molar-refractivity contribution in [2.75, 3.05) is 0 Å². The van der Waals surface area contributed by atoms with Crippen LogP contribution in [0.25, 0.3) is 0 Å². The van der Waals surface area contributed by atoms with Crippen LogP contribution in [-0.2, 0) is 6.42 Å². The summed E-state index contributed by atoms with van der Waals surface area (Å²) >= 11 is 3.33. The van der Waals surface area contributed by atoms with E-state index in [1.54, 1.807) is 12.3 Å². The average Bonchev–Trinajstić information content (AvgIpc) is 2.86. The Morgan fingerprint density at radius 3 is 2.76 bits per heavy atom. The lowest BCUT2D eigenvalue weighted by molar-refractivity contribution is 0.148. The van der Waals surface area contributed by atoms with Gasteiger partial charge in [0.1, 0.15) is 11.9 Å². The van der Waals surface area contributed by atoms with Crippen LogP contribution in [0.2, 0.25) is 0 Å². The second-order valence-electron chi connectivity index (χ2n) is 4.23. The van der Waals surface area contributed by atoms with E-state index in [9.17, 15) is 5.11 Å². The van der Waals surface area contributed by atoms with Gasteiger partial charge >= 0.3 is 0 Å². The lowest BCUT2D eigenvalue weighted by Crippen LogP contribution is -2.05. The first-order valence-corrected chi connectivity index (χ1v) is 6.32. The first-order chi connectivity index (χ1) is 8.08. The summed E-state index contributed by atoms with van der Waals surface area (Å²) in [5.41, 5.74) is 0.856. The molecular weight excluding hydrogens is 284 g/mol. The first kappa shape index (κ1) is 12.4. The second kappa shape index (κ2) is 5.06. The molecule has 0 amide bonds. The lowest BCUT2D eigenvalue weighted by Gasteiger charge is -2.07. The van der Waals surface area contributed by atoms with Gasteiger partial charge < -0.3 is 9.52 Å². The van der Waals surface area contributed by atoms with E-state index >= 15 is 0 Å². The third kappa shape index (κ3) is 2.79. The molecule has 2 heterocycles. The predicted octanol–water partition coefficient (Wildman–Crippen LogP) is 3.10. The molecule has 0 saturated heterocycles.